The molecule has 0 aliphatic rings. The summed E-state index contributed by atoms with van der Waals surface area (Å²) in [6.45, 7) is 6.06. The molecule has 0 aliphatic heterocycles. The topological polar surface area (TPSA) is 87.6 Å². The first kappa shape index (κ1) is 16.7. The van der Waals surface area contributed by atoms with Crippen LogP contribution in [0.3, 0.4) is 0 Å². The first-order valence-corrected chi connectivity index (χ1v) is 8.13. The Morgan fingerprint density at radius 3 is 2.72 bits per heavy atom. The zero-order chi connectivity index (χ0) is 17.8. The van der Waals surface area contributed by atoms with Gasteiger partial charge in [0, 0.05) is 23.7 Å². The van der Waals surface area contributed by atoms with Crippen LogP contribution in [0.5, 0.6) is 0 Å². The SMILES string of the molecule is CC(C)c1noc(-c2ccnc(NC(C)c3cccc(C#N)c3)c2)n1. The molecule has 0 amide bonds. The molecule has 0 spiro atoms. The van der Waals surface area contributed by atoms with Crippen LogP contribution >= 0.6 is 0 Å². The highest BCUT2D eigenvalue weighted by Crippen LogP contribution is 2.24. The van der Waals surface area contributed by atoms with Crippen molar-refractivity contribution < 1.29 is 4.52 Å². The third-order valence-corrected chi connectivity index (χ3v) is 3.85. The van der Waals surface area contributed by atoms with Crippen LogP contribution < -0.4 is 5.32 Å². The van der Waals surface area contributed by atoms with Crippen LogP contribution in [0.2, 0.25) is 0 Å². The van der Waals surface area contributed by atoms with Crippen molar-refractivity contribution in [2.75, 3.05) is 5.32 Å². The smallest absolute Gasteiger partial charge is 0.258 e. The Labute approximate surface area is 146 Å². The Morgan fingerprint density at radius 2 is 2.00 bits per heavy atom. The van der Waals surface area contributed by atoms with Crippen molar-refractivity contribution >= 4 is 5.82 Å². The van der Waals surface area contributed by atoms with Gasteiger partial charge in [0.25, 0.3) is 5.89 Å². The predicted molar refractivity (Wildman–Crippen MR) is 94.8 cm³/mol. The van der Waals surface area contributed by atoms with Crippen molar-refractivity contribution in [3.05, 3.63) is 59.5 Å². The molecule has 3 aromatic rings. The molecule has 0 aliphatic carbocycles. The van der Waals surface area contributed by atoms with Gasteiger partial charge in [-0.15, -0.1) is 0 Å². The van der Waals surface area contributed by atoms with Gasteiger partial charge in [-0.25, -0.2) is 4.98 Å². The molecule has 0 bridgehead atoms. The van der Waals surface area contributed by atoms with Gasteiger partial charge in [0.1, 0.15) is 5.82 Å². The lowest BCUT2D eigenvalue weighted by atomic mass is 10.1. The predicted octanol–water partition coefficient (Wildman–Crippen LogP) is 4.30. The highest BCUT2D eigenvalue weighted by atomic mass is 16.5. The fourth-order valence-corrected chi connectivity index (χ4v) is 2.41. The molecule has 1 N–H and O–H groups in total. The summed E-state index contributed by atoms with van der Waals surface area (Å²) in [7, 11) is 0. The summed E-state index contributed by atoms with van der Waals surface area (Å²) in [5, 5.41) is 16.4. The number of hydrogen-bond acceptors (Lipinski definition) is 6. The van der Waals surface area contributed by atoms with Gasteiger partial charge in [-0.3, -0.25) is 0 Å². The minimum Gasteiger partial charge on any atom is -0.364 e. The Kier molecular flexibility index (Phi) is 4.75. The van der Waals surface area contributed by atoms with E-state index in [1.54, 1.807) is 12.3 Å². The summed E-state index contributed by atoms with van der Waals surface area (Å²) in [4.78, 5) is 8.76. The molecule has 126 valence electrons. The molecule has 6 nitrogen and oxygen atoms in total. The third kappa shape index (κ3) is 3.83. The molecule has 25 heavy (non-hydrogen) atoms. The molecule has 3 rings (SSSR count). The number of benzene rings is 1. The number of nitrogens with zero attached hydrogens (tertiary/aromatic N) is 4. The maximum atomic E-state index is 9.03. The number of nitrogens with one attached hydrogen (secondary N) is 1. The van der Waals surface area contributed by atoms with Crippen LogP contribution in [0, 0.1) is 11.3 Å². The van der Waals surface area contributed by atoms with Gasteiger partial charge < -0.3 is 9.84 Å². The van der Waals surface area contributed by atoms with Crippen LogP contribution in [0.1, 0.15) is 49.7 Å². The second-order valence-electron chi connectivity index (χ2n) is 6.15. The van der Waals surface area contributed by atoms with E-state index in [-0.39, 0.29) is 12.0 Å². The van der Waals surface area contributed by atoms with Crippen molar-refractivity contribution in [1.82, 2.24) is 15.1 Å². The van der Waals surface area contributed by atoms with E-state index in [9.17, 15) is 0 Å². The quantitative estimate of drug-likeness (QED) is 0.749. The van der Waals surface area contributed by atoms with Crippen molar-refractivity contribution in [2.45, 2.75) is 32.7 Å². The minimum atomic E-state index is 0.00459. The Balaban J connectivity index is 1.80. The maximum absolute atomic E-state index is 9.03. The number of pyridine rings is 1. The fraction of sp³-hybridized carbons (Fsp3) is 0.263. The van der Waals surface area contributed by atoms with Crippen LogP contribution in [0.25, 0.3) is 11.5 Å². The molecule has 0 saturated heterocycles. The van der Waals surface area contributed by atoms with Gasteiger partial charge in [-0.2, -0.15) is 10.2 Å². The molecule has 1 unspecified atom stereocenters. The normalized spacial score (nSPS) is 12.0. The van der Waals surface area contributed by atoms with Gasteiger partial charge in [-0.05, 0) is 36.8 Å². The van der Waals surface area contributed by atoms with Gasteiger partial charge in [-0.1, -0.05) is 31.1 Å². The van der Waals surface area contributed by atoms with E-state index in [0.29, 0.717) is 23.1 Å². The van der Waals surface area contributed by atoms with E-state index in [2.05, 4.69) is 26.5 Å². The molecule has 0 radical (unpaired) electrons. The number of aromatic nitrogens is 3. The average Bonchev–Trinajstić information content (AvgIpc) is 3.12. The Morgan fingerprint density at radius 1 is 1.16 bits per heavy atom. The molecular weight excluding hydrogens is 314 g/mol. The summed E-state index contributed by atoms with van der Waals surface area (Å²) in [6.07, 6.45) is 1.70. The second-order valence-corrected chi connectivity index (χ2v) is 6.15. The van der Waals surface area contributed by atoms with E-state index in [0.717, 1.165) is 11.1 Å². The van der Waals surface area contributed by atoms with Crippen LogP contribution in [-0.4, -0.2) is 15.1 Å². The lowest BCUT2D eigenvalue weighted by Gasteiger charge is -2.15. The van der Waals surface area contributed by atoms with E-state index in [4.69, 9.17) is 9.78 Å². The summed E-state index contributed by atoms with van der Waals surface area (Å²) < 4.78 is 5.33. The van der Waals surface area contributed by atoms with Crippen LogP contribution in [0.4, 0.5) is 5.82 Å². The molecule has 0 saturated carbocycles. The van der Waals surface area contributed by atoms with Gasteiger partial charge in [0.15, 0.2) is 5.82 Å². The first-order valence-electron chi connectivity index (χ1n) is 8.13. The molecule has 0 fully saturated rings. The summed E-state index contributed by atoms with van der Waals surface area (Å²) >= 11 is 0. The molecule has 2 aromatic heterocycles. The summed E-state index contributed by atoms with van der Waals surface area (Å²) in [5.74, 6) is 2.08. The van der Waals surface area contributed by atoms with Crippen molar-refractivity contribution in [3.63, 3.8) is 0 Å². The van der Waals surface area contributed by atoms with Crippen molar-refractivity contribution in [3.8, 4) is 17.5 Å². The monoisotopic (exact) mass is 333 g/mol. The number of hydrogen-bond donors (Lipinski definition) is 1. The summed E-state index contributed by atoms with van der Waals surface area (Å²) in [6, 6.07) is 13.4. The Bertz CT molecular complexity index is 910. The fourth-order valence-electron chi connectivity index (χ4n) is 2.41. The molecule has 1 atom stereocenters. The van der Waals surface area contributed by atoms with Gasteiger partial charge in [0.05, 0.1) is 11.6 Å². The van der Waals surface area contributed by atoms with E-state index >= 15 is 0 Å². The molecule has 6 heteroatoms. The van der Waals surface area contributed by atoms with Crippen molar-refractivity contribution in [2.24, 2.45) is 0 Å². The van der Waals surface area contributed by atoms with Gasteiger partial charge >= 0.3 is 0 Å². The number of nitriles is 1. The van der Waals surface area contributed by atoms with Crippen LogP contribution in [0.15, 0.2) is 47.1 Å². The first-order chi connectivity index (χ1) is 12.1. The molecule has 2 heterocycles. The summed E-state index contributed by atoms with van der Waals surface area (Å²) in [5.41, 5.74) is 2.47. The van der Waals surface area contributed by atoms with Gasteiger partial charge in [0.2, 0.25) is 0 Å². The lowest BCUT2D eigenvalue weighted by molar-refractivity contribution is 0.419. The number of anilines is 1. The highest BCUT2D eigenvalue weighted by Gasteiger charge is 2.13. The minimum absolute atomic E-state index is 0.00459. The zero-order valence-electron chi connectivity index (χ0n) is 14.4. The van der Waals surface area contributed by atoms with Crippen LogP contribution in [-0.2, 0) is 0 Å². The molecular formula is C19H19N5O. The second kappa shape index (κ2) is 7.14. The number of rotatable bonds is 5. The Hall–Kier alpha value is -3.20. The van der Waals surface area contributed by atoms with E-state index in [1.807, 2.05) is 51.1 Å². The van der Waals surface area contributed by atoms with Crippen molar-refractivity contribution in [1.29, 1.82) is 5.26 Å². The lowest BCUT2D eigenvalue weighted by Crippen LogP contribution is -2.08. The van der Waals surface area contributed by atoms with E-state index < -0.39 is 0 Å². The van der Waals surface area contributed by atoms with E-state index in [1.165, 1.54) is 0 Å². The zero-order valence-corrected chi connectivity index (χ0v) is 14.4. The molecule has 1 aromatic carbocycles. The largest absolute Gasteiger partial charge is 0.364 e. The third-order valence-electron chi connectivity index (χ3n) is 3.85. The highest BCUT2D eigenvalue weighted by molar-refractivity contribution is 5.58. The standard InChI is InChI=1S/C19H19N5O/c1-12(2)18-23-19(25-24-18)16-7-8-21-17(10-16)22-13(3)15-6-4-5-14(9-15)11-20/h4-10,12-13H,1-3H3,(H,21,22). The average molecular weight is 333 g/mol. The maximum Gasteiger partial charge on any atom is 0.258 e.